The number of halogens is 1. The molecule has 21 heavy (non-hydrogen) atoms. The number of fused-ring (bicyclic) bond motifs is 1. The molecule has 0 bridgehead atoms. The Balaban J connectivity index is 1.59. The quantitative estimate of drug-likeness (QED) is 0.751. The van der Waals surface area contributed by atoms with Crippen molar-refractivity contribution in [3.05, 3.63) is 65.7 Å². The summed E-state index contributed by atoms with van der Waals surface area (Å²) in [6.45, 7) is 2.96. The van der Waals surface area contributed by atoms with Crippen LogP contribution in [0.25, 0.3) is 11.0 Å². The summed E-state index contributed by atoms with van der Waals surface area (Å²) in [6, 6.07) is 15.2. The Labute approximate surface area is 123 Å². The van der Waals surface area contributed by atoms with Gasteiger partial charge in [-0.3, -0.25) is 0 Å². The lowest BCUT2D eigenvalue weighted by Gasteiger charge is -2.13. The van der Waals surface area contributed by atoms with E-state index < -0.39 is 0 Å². The SMILES string of the molecule is CC(NCCc1nc2ccc(F)cc2[nH]1)c1ccccc1. The van der Waals surface area contributed by atoms with E-state index in [4.69, 9.17) is 0 Å². The molecule has 3 rings (SSSR count). The number of hydrogen-bond acceptors (Lipinski definition) is 2. The Morgan fingerprint density at radius 3 is 2.81 bits per heavy atom. The molecule has 1 heterocycles. The number of aromatic nitrogens is 2. The molecule has 0 spiro atoms. The highest BCUT2D eigenvalue weighted by atomic mass is 19.1. The van der Waals surface area contributed by atoms with Crippen molar-refractivity contribution in [3.63, 3.8) is 0 Å². The van der Waals surface area contributed by atoms with Crippen LogP contribution in [0.3, 0.4) is 0 Å². The van der Waals surface area contributed by atoms with Gasteiger partial charge in [-0.25, -0.2) is 9.37 Å². The predicted octanol–water partition coefficient (Wildman–Crippen LogP) is 3.60. The van der Waals surface area contributed by atoms with Crippen LogP contribution in [0, 0.1) is 5.82 Å². The second-order valence-corrected chi connectivity index (χ2v) is 5.18. The van der Waals surface area contributed by atoms with Gasteiger partial charge in [0.25, 0.3) is 0 Å². The first-order valence-corrected chi connectivity index (χ1v) is 7.15. The monoisotopic (exact) mass is 283 g/mol. The van der Waals surface area contributed by atoms with Crippen LogP contribution in [-0.4, -0.2) is 16.5 Å². The van der Waals surface area contributed by atoms with Gasteiger partial charge in [-0.1, -0.05) is 30.3 Å². The maximum Gasteiger partial charge on any atom is 0.125 e. The Kier molecular flexibility index (Phi) is 3.97. The van der Waals surface area contributed by atoms with E-state index in [-0.39, 0.29) is 5.82 Å². The molecule has 0 aliphatic carbocycles. The summed E-state index contributed by atoms with van der Waals surface area (Å²) >= 11 is 0. The molecule has 3 nitrogen and oxygen atoms in total. The van der Waals surface area contributed by atoms with E-state index in [1.165, 1.54) is 17.7 Å². The standard InChI is InChI=1S/C17H18FN3/c1-12(13-5-3-2-4-6-13)19-10-9-17-20-15-8-7-14(18)11-16(15)21-17/h2-8,11-12,19H,9-10H2,1H3,(H,20,21). The molecule has 0 saturated carbocycles. The topological polar surface area (TPSA) is 40.7 Å². The third-order valence-corrected chi connectivity index (χ3v) is 3.60. The van der Waals surface area contributed by atoms with Crippen molar-refractivity contribution in [2.45, 2.75) is 19.4 Å². The number of imidazole rings is 1. The molecule has 1 unspecified atom stereocenters. The highest BCUT2D eigenvalue weighted by Crippen LogP contribution is 2.14. The smallest absolute Gasteiger partial charge is 0.125 e. The fourth-order valence-corrected chi connectivity index (χ4v) is 2.42. The van der Waals surface area contributed by atoms with Crippen LogP contribution in [0.15, 0.2) is 48.5 Å². The van der Waals surface area contributed by atoms with Crippen LogP contribution in [0.1, 0.15) is 24.4 Å². The Bertz CT molecular complexity index is 721. The molecule has 0 aliphatic heterocycles. The number of H-pyrrole nitrogens is 1. The molecule has 1 aromatic heterocycles. The van der Waals surface area contributed by atoms with Crippen molar-refractivity contribution in [2.75, 3.05) is 6.54 Å². The van der Waals surface area contributed by atoms with Gasteiger partial charge in [0.15, 0.2) is 0 Å². The molecule has 0 radical (unpaired) electrons. The van der Waals surface area contributed by atoms with Gasteiger partial charge in [0.1, 0.15) is 11.6 Å². The first-order valence-electron chi connectivity index (χ1n) is 7.15. The second-order valence-electron chi connectivity index (χ2n) is 5.18. The van der Waals surface area contributed by atoms with Crippen molar-refractivity contribution in [1.29, 1.82) is 0 Å². The summed E-state index contributed by atoms with van der Waals surface area (Å²) in [5.74, 6) is 0.636. The summed E-state index contributed by atoms with van der Waals surface area (Å²) in [4.78, 5) is 7.62. The van der Waals surface area contributed by atoms with Crippen molar-refractivity contribution >= 4 is 11.0 Å². The lowest BCUT2D eigenvalue weighted by molar-refractivity contribution is 0.571. The van der Waals surface area contributed by atoms with Crippen molar-refractivity contribution in [2.24, 2.45) is 0 Å². The summed E-state index contributed by atoms with van der Waals surface area (Å²) in [6.07, 6.45) is 0.785. The first kappa shape index (κ1) is 13.8. The molecule has 2 N–H and O–H groups in total. The molecule has 4 heteroatoms. The van der Waals surface area contributed by atoms with Crippen LogP contribution in [-0.2, 0) is 6.42 Å². The van der Waals surface area contributed by atoms with E-state index in [0.717, 1.165) is 29.8 Å². The van der Waals surface area contributed by atoms with Gasteiger partial charge in [-0.15, -0.1) is 0 Å². The second kappa shape index (κ2) is 6.06. The summed E-state index contributed by atoms with van der Waals surface area (Å²) in [5.41, 5.74) is 2.83. The molecule has 0 amide bonds. The lowest BCUT2D eigenvalue weighted by Crippen LogP contribution is -2.21. The zero-order chi connectivity index (χ0) is 14.7. The molecule has 108 valence electrons. The van der Waals surface area contributed by atoms with Crippen molar-refractivity contribution < 1.29 is 4.39 Å². The minimum atomic E-state index is -0.242. The van der Waals surface area contributed by atoms with Gasteiger partial charge in [0, 0.05) is 19.0 Å². The van der Waals surface area contributed by atoms with Crippen LogP contribution < -0.4 is 5.32 Å². The summed E-state index contributed by atoms with van der Waals surface area (Å²) < 4.78 is 13.1. The zero-order valence-corrected chi connectivity index (χ0v) is 11.9. The molecular weight excluding hydrogens is 265 g/mol. The van der Waals surface area contributed by atoms with Crippen LogP contribution in [0.4, 0.5) is 4.39 Å². The Hall–Kier alpha value is -2.20. The minimum Gasteiger partial charge on any atom is -0.342 e. The largest absolute Gasteiger partial charge is 0.342 e. The number of aromatic amines is 1. The van der Waals surface area contributed by atoms with Gasteiger partial charge in [0.2, 0.25) is 0 Å². The van der Waals surface area contributed by atoms with Crippen molar-refractivity contribution in [3.8, 4) is 0 Å². The number of nitrogens with one attached hydrogen (secondary N) is 2. The molecular formula is C17H18FN3. The fourth-order valence-electron chi connectivity index (χ4n) is 2.42. The Morgan fingerprint density at radius 2 is 2.00 bits per heavy atom. The van der Waals surface area contributed by atoms with Gasteiger partial charge in [0.05, 0.1) is 11.0 Å². The Morgan fingerprint density at radius 1 is 1.19 bits per heavy atom. The third-order valence-electron chi connectivity index (χ3n) is 3.60. The van der Waals surface area contributed by atoms with E-state index >= 15 is 0 Å². The first-order chi connectivity index (χ1) is 10.2. The molecule has 0 aliphatic rings. The van der Waals surface area contributed by atoms with Crippen LogP contribution in [0.5, 0.6) is 0 Å². The van der Waals surface area contributed by atoms with E-state index in [1.807, 2.05) is 18.2 Å². The highest BCUT2D eigenvalue weighted by Gasteiger charge is 2.06. The van der Waals surface area contributed by atoms with Crippen molar-refractivity contribution in [1.82, 2.24) is 15.3 Å². The molecule has 3 aromatic rings. The predicted molar refractivity (Wildman–Crippen MR) is 82.6 cm³/mol. The van der Waals surface area contributed by atoms with E-state index in [0.29, 0.717) is 6.04 Å². The maximum atomic E-state index is 13.1. The molecule has 0 fully saturated rings. The minimum absolute atomic E-state index is 0.242. The third kappa shape index (κ3) is 3.28. The number of nitrogens with zero attached hydrogens (tertiary/aromatic N) is 1. The lowest BCUT2D eigenvalue weighted by atomic mass is 10.1. The summed E-state index contributed by atoms with van der Waals surface area (Å²) in [5, 5.41) is 3.47. The fraction of sp³-hybridized carbons (Fsp3) is 0.235. The van der Waals surface area contributed by atoms with E-state index in [2.05, 4.69) is 34.3 Å². The summed E-state index contributed by atoms with van der Waals surface area (Å²) in [7, 11) is 0. The normalized spacial score (nSPS) is 12.7. The van der Waals surface area contributed by atoms with Gasteiger partial charge >= 0.3 is 0 Å². The number of benzene rings is 2. The van der Waals surface area contributed by atoms with E-state index in [1.54, 1.807) is 6.07 Å². The average Bonchev–Trinajstić information content (AvgIpc) is 2.89. The van der Waals surface area contributed by atoms with Gasteiger partial charge in [-0.2, -0.15) is 0 Å². The van der Waals surface area contributed by atoms with E-state index in [9.17, 15) is 4.39 Å². The maximum absolute atomic E-state index is 13.1. The van der Waals surface area contributed by atoms with Crippen LogP contribution >= 0.6 is 0 Å². The average molecular weight is 283 g/mol. The van der Waals surface area contributed by atoms with Gasteiger partial charge in [-0.05, 0) is 30.7 Å². The zero-order valence-electron chi connectivity index (χ0n) is 11.9. The molecule has 1 atom stereocenters. The van der Waals surface area contributed by atoms with Gasteiger partial charge < -0.3 is 10.3 Å². The number of rotatable bonds is 5. The van der Waals surface area contributed by atoms with Crippen LogP contribution in [0.2, 0.25) is 0 Å². The highest BCUT2D eigenvalue weighted by molar-refractivity contribution is 5.74. The number of hydrogen-bond donors (Lipinski definition) is 2. The molecule has 0 saturated heterocycles. The molecule has 2 aromatic carbocycles.